The number of anilines is 3. The Morgan fingerprint density at radius 2 is 1.94 bits per heavy atom. The summed E-state index contributed by atoms with van der Waals surface area (Å²) in [5.74, 6) is -0.466. The summed E-state index contributed by atoms with van der Waals surface area (Å²) >= 11 is 0. The van der Waals surface area contributed by atoms with Crippen LogP contribution < -0.4 is 11.1 Å². The highest BCUT2D eigenvalue weighted by Gasteiger charge is 2.04. The molecule has 0 radical (unpaired) electrons. The van der Waals surface area contributed by atoms with Crippen LogP contribution in [-0.4, -0.2) is 0 Å². The Balaban J connectivity index is 2.32. The molecule has 0 saturated heterocycles. The summed E-state index contributed by atoms with van der Waals surface area (Å²) in [6.07, 6.45) is 0. The van der Waals surface area contributed by atoms with Gasteiger partial charge >= 0.3 is 0 Å². The van der Waals surface area contributed by atoms with Crippen molar-refractivity contribution in [2.24, 2.45) is 0 Å². The smallest absolute Gasteiger partial charge is 0.148 e. The van der Waals surface area contributed by atoms with Crippen LogP contribution >= 0.6 is 0 Å². The summed E-state index contributed by atoms with van der Waals surface area (Å²) in [4.78, 5) is 0. The van der Waals surface area contributed by atoms with Gasteiger partial charge < -0.3 is 11.1 Å². The van der Waals surface area contributed by atoms with Crippen LogP contribution in [0.1, 0.15) is 5.56 Å². The zero-order chi connectivity index (χ0) is 12.3. The second-order valence-electron chi connectivity index (χ2n) is 3.52. The second kappa shape index (κ2) is 4.54. The molecule has 0 amide bonds. The van der Waals surface area contributed by atoms with Crippen LogP contribution in [0.5, 0.6) is 0 Å². The van der Waals surface area contributed by atoms with Crippen LogP contribution in [0.3, 0.4) is 0 Å². The molecule has 84 valence electrons. The predicted octanol–water partition coefficient (Wildman–Crippen LogP) is 3.02. The van der Waals surface area contributed by atoms with Gasteiger partial charge in [-0.05, 0) is 30.3 Å². The zero-order valence-electron chi connectivity index (χ0n) is 8.94. The first-order valence-electron chi connectivity index (χ1n) is 5.02. The number of halogens is 1. The number of nitriles is 1. The molecular weight excluding hydrogens is 217 g/mol. The highest BCUT2D eigenvalue weighted by molar-refractivity contribution is 5.73. The fourth-order valence-electron chi connectivity index (χ4n) is 1.47. The summed E-state index contributed by atoms with van der Waals surface area (Å²) in [6, 6.07) is 13.5. The molecule has 2 aromatic rings. The van der Waals surface area contributed by atoms with Crippen LogP contribution in [0, 0.1) is 17.1 Å². The molecule has 0 saturated carbocycles. The minimum Gasteiger partial charge on any atom is -0.395 e. The molecule has 0 aliphatic rings. The summed E-state index contributed by atoms with van der Waals surface area (Å²) in [6.45, 7) is 0. The van der Waals surface area contributed by atoms with Crippen molar-refractivity contribution in [1.29, 1.82) is 5.26 Å². The van der Waals surface area contributed by atoms with Gasteiger partial charge in [-0.15, -0.1) is 0 Å². The van der Waals surface area contributed by atoms with Gasteiger partial charge in [0.15, 0.2) is 0 Å². The largest absolute Gasteiger partial charge is 0.395 e. The number of hydrogen-bond donors (Lipinski definition) is 2. The van der Waals surface area contributed by atoms with E-state index in [9.17, 15) is 4.39 Å². The lowest BCUT2D eigenvalue weighted by molar-refractivity contribution is 0.633. The quantitative estimate of drug-likeness (QED) is 0.775. The van der Waals surface area contributed by atoms with Crippen molar-refractivity contribution in [3.05, 3.63) is 53.8 Å². The first-order chi connectivity index (χ1) is 8.20. The lowest BCUT2D eigenvalue weighted by Gasteiger charge is -2.09. The normalized spacial score (nSPS) is 9.65. The van der Waals surface area contributed by atoms with Crippen molar-refractivity contribution in [3.63, 3.8) is 0 Å². The number of nitrogen functional groups attached to an aromatic ring is 1. The van der Waals surface area contributed by atoms with Crippen LogP contribution in [-0.2, 0) is 0 Å². The van der Waals surface area contributed by atoms with Crippen LogP contribution in [0.2, 0.25) is 0 Å². The van der Waals surface area contributed by atoms with Gasteiger partial charge in [-0.1, -0.05) is 12.1 Å². The maximum Gasteiger partial charge on any atom is 0.148 e. The average Bonchev–Trinajstić information content (AvgIpc) is 2.35. The average molecular weight is 227 g/mol. The van der Waals surface area contributed by atoms with Gasteiger partial charge in [-0.3, -0.25) is 0 Å². The fourth-order valence-corrected chi connectivity index (χ4v) is 1.47. The van der Waals surface area contributed by atoms with E-state index in [1.54, 1.807) is 36.4 Å². The summed E-state index contributed by atoms with van der Waals surface area (Å²) in [5.41, 5.74) is 7.38. The first kappa shape index (κ1) is 11.0. The SMILES string of the molecule is N#Cc1cccc(Nc2cccc(F)c2N)c1. The topological polar surface area (TPSA) is 61.8 Å². The molecule has 0 atom stereocenters. The lowest BCUT2D eigenvalue weighted by atomic mass is 10.2. The van der Waals surface area contributed by atoms with Gasteiger partial charge in [0.25, 0.3) is 0 Å². The number of nitrogens with one attached hydrogen (secondary N) is 1. The maximum atomic E-state index is 13.2. The third-order valence-corrected chi connectivity index (χ3v) is 2.32. The number of nitrogens with zero attached hydrogens (tertiary/aromatic N) is 1. The van der Waals surface area contributed by atoms with Gasteiger partial charge in [0, 0.05) is 5.69 Å². The molecule has 0 fully saturated rings. The summed E-state index contributed by atoms with van der Waals surface area (Å²) in [7, 11) is 0. The molecule has 0 aliphatic heterocycles. The van der Waals surface area contributed by atoms with E-state index in [1.165, 1.54) is 6.07 Å². The first-order valence-corrected chi connectivity index (χ1v) is 5.02. The van der Waals surface area contributed by atoms with Crippen molar-refractivity contribution < 1.29 is 4.39 Å². The Morgan fingerprint density at radius 3 is 2.71 bits per heavy atom. The van der Waals surface area contributed by atoms with E-state index in [1.807, 2.05) is 6.07 Å². The van der Waals surface area contributed by atoms with Gasteiger partial charge in [0.1, 0.15) is 5.82 Å². The van der Waals surface area contributed by atoms with Crippen LogP contribution in [0.15, 0.2) is 42.5 Å². The third-order valence-electron chi connectivity index (χ3n) is 2.32. The Labute approximate surface area is 98.3 Å². The molecule has 0 aliphatic carbocycles. The minimum absolute atomic E-state index is 0.0647. The highest BCUT2D eigenvalue weighted by atomic mass is 19.1. The number of rotatable bonds is 2. The molecule has 0 heterocycles. The van der Waals surface area contributed by atoms with E-state index < -0.39 is 5.82 Å². The Bertz CT molecular complexity index is 587. The van der Waals surface area contributed by atoms with Crippen molar-refractivity contribution in [2.75, 3.05) is 11.1 Å². The maximum absolute atomic E-state index is 13.2. The third kappa shape index (κ3) is 2.34. The Morgan fingerprint density at radius 1 is 1.18 bits per heavy atom. The number of hydrogen-bond acceptors (Lipinski definition) is 3. The highest BCUT2D eigenvalue weighted by Crippen LogP contribution is 2.25. The minimum atomic E-state index is -0.466. The van der Waals surface area contributed by atoms with Crippen LogP contribution in [0.4, 0.5) is 21.5 Å². The Hall–Kier alpha value is -2.54. The van der Waals surface area contributed by atoms with E-state index in [-0.39, 0.29) is 5.69 Å². The van der Waals surface area contributed by atoms with Crippen LogP contribution in [0.25, 0.3) is 0 Å². The zero-order valence-corrected chi connectivity index (χ0v) is 8.94. The number of para-hydroxylation sites is 1. The molecule has 3 nitrogen and oxygen atoms in total. The molecule has 0 spiro atoms. The second-order valence-corrected chi connectivity index (χ2v) is 3.52. The van der Waals surface area contributed by atoms with Gasteiger partial charge in [0.2, 0.25) is 0 Å². The van der Waals surface area contributed by atoms with Crippen molar-refractivity contribution >= 4 is 17.1 Å². The van der Waals surface area contributed by atoms with E-state index in [4.69, 9.17) is 11.0 Å². The molecule has 3 N–H and O–H groups in total. The molecule has 2 rings (SSSR count). The molecule has 17 heavy (non-hydrogen) atoms. The fraction of sp³-hybridized carbons (Fsp3) is 0. The molecule has 0 aromatic heterocycles. The van der Waals surface area contributed by atoms with E-state index in [0.29, 0.717) is 16.9 Å². The molecule has 2 aromatic carbocycles. The number of benzene rings is 2. The molecule has 0 bridgehead atoms. The predicted molar refractivity (Wildman–Crippen MR) is 65.3 cm³/mol. The molecular formula is C13H10FN3. The van der Waals surface area contributed by atoms with E-state index in [2.05, 4.69) is 5.32 Å². The van der Waals surface area contributed by atoms with E-state index >= 15 is 0 Å². The van der Waals surface area contributed by atoms with Gasteiger partial charge in [0.05, 0.1) is 23.0 Å². The van der Waals surface area contributed by atoms with Gasteiger partial charge in [-0.2, -0.15) is 5.26 Å². The molecule has 4 heteroatoms. The summed E-state index contributed by atoms with van der Waals surface area (Å²) in [5, 5.41) is 11.7. The van der Waals surface area contributed by atoms with Crippen molar-refractivity contribution in [2.45, 2.75) is 0 Å². The van der Waals surface area contributed by atoms with E-state index in [0.717, 1.165) is 0 Å². The standard InChI is InChI=1S/C13H10FN3/c14-11-5-2-6-12(13(11)16)17-10-4-1-3-9(7-10)8-15/h1-7,17H,16H2. The van der Waals surface area contributed by atoms with Crippen molar-refractivity contribution in [1.82, 2.24) is 0 Å². The number of nitrogens with two attached hydrogens (primary N) is 1. The van der Waals surface area contributed by atoms with Gasteiger partial charge in [-0.25, -0.2) is 4.39 Å². The van der Waals surface area contributed by atoms with Crippen molar-refractivity contribution in [3.8, 4) is 6.07 Å². The monoisotopic (exact) mass is 227 g/mol. The summed E-state index contributed by atoms with van der Waals surface area (Å²) < 4.78 is 13.2. The lowest BCUT2D eigenvalue weighted by Crippen LogP contribution is -1.98. The molecule has 0 unspecified atom stereocenters. The Kier molecular flexibility index (Phi) is 2.93.